The molecule has 19 heavy (non-hydrogen) atoms. The zero-order chi connectivity index (χ0) is 13.8. The van der Waals surface area contributed by atoms with Crippen LogP contribution in [0.2, 0.25) is 0 Å². The van der Waals surface area contributed by atoms with Crippen molar-refractivity contribution in [3.8, 4) is 0 Å². The molecule has 1 aromatic carbocycles. The van der Waals surface area contributed by atoms with E-state index in [0.29, 0.717) is 12.6 Å². The van der Waals surface area contributed by atoms with Crippen LogP contribution in [0.4, 0.5) is 5.69 Å². The van der Waals surface area contributed by atoms with Gasteiger partial charge < -0.3 is 10.6 Å². The number of rotatable bonds is 4. The van der Waals surface area contributed by atoms with E-state index < -0.39 is 0 Å². The lowest BCUT2D eigenvalue weighted by Gasteiger charge is -2.39. The van der Waals surface area contributed by atoms with Gasteiger partial charge in [0.05, 0.1) is 0 Å². The zero-order valence-corrected chi connectivity index (χ0v) is 12.5. The molecule has 0 aliphatic carbocycles. The van der Waals surface area contributed by atoms with Gasteiger partial charge in [-0.2, -0.15) is 0 Å². The van der Waals surface area contributed by atoms with Gasteiger partial charge in [0, 0.05) is 44.5 Å². The second-order valence-corrected chi connectivity index (χ2v) is 5.62. The Morgan fingerprint density at radius 2 is 1.89 bits per heavy atom. The molecule has 2 N–H and O–H groups in total. The molecule has 1 atom stereocenters. The smallest absolute Gasteiger partial charge is 0.0415 e. The molecule has 0 amide bonds. The summed E-state index contributed by atoms with van der Waals surface area (Å²) in [6, 6.07) is 7.31. The number of nitrogens with zero attached hydrogens (tertiary/aromatic N) is 2. The van der Waals surface area contributed by atoms with Crippen LogP contribution >= 0.6 is 0 Å². The third kappa shape index (κ3) is 3.28. The molecule has 1 unspecified atom stereocenters. The van der Waals surface area contributed by atoms with Crippen molar-refractivity contribution in [1.29, 1.82) is 0 Å². The first-order valence-corrected chi connectivity index (χ1v) is 7.44. The van der Waals surface area contributed by atoms with Crippen LogP contribution in [0.25, 0.3) is 0 Å². The molecule has 106 valence electrons. The highest BCUT2D eigenvalue weighted by molar-refractivity contribution is 5.55. The Bertz CT molecular complexity index is 408. The fraction of sp³-hybridized carbons (Fsp3) is 0.625. The molecule has 1 fully saturated rings. The molecule has 0 bridgehead atoms. The summed E-state index contributed by atoms with van der Waals surface area (Å²) in [5, 5.41) is 0. The number of aryl methyl sites for hydroxylation is 1. The highest BCUT2D eigenvalue weighted by Gasteiger charge is 2.21. The van der Waals surface area contributed by atoms with Crippen molar-refractivity contribution in [1.82, 2.24) is 4.90 Å². The fourth-order valence-electron chi connectivity index (χ4n) is 2.80. The Balaban J connectivity index is 2.07. The number of hydrogen-bond acceptors (Lipinski definition) is 3. The number of piperazine rings is 1. The van der Waals surface area contributed by atoms with Gasteiger partial charge in [-0.25, -0.2) is 0 Å². The number of benzene rings is 1. The first-order valence-electron chi connectivity index (χ1n) is 7.44. The zero-order valence-electron chi connectivity index (χ0n) is 12.5. The SMILES string of the molecule is CCC(C)N1CCN(c2cc(C)ccc2CN)CC1. The van der Waals surface area contributed by atoms with E-state index in [1.807, 2.05) is 0 Å². The summed E-state index contributed by atoms with van der Waals surface area (Å²) < 4.78 is 0. The normalized spacial score (nSPS) is 18.6. The summed E-state index contributed by atoms with van der Waals surface area (Å²) in [5.74, 6) is 0. The summed E-state index contributed by atoms with van der Waals surface area (Å²) in [6.07, 6.45) is 1.23. The first kappa shape index (κ1) is 14.4. The molecule has 1 heterocycles. The van der Waals surface area contributed by atoms with Crippen LogP contribution in [0.5, 0.6) is 0 Å². The van der Waals surface area contributed by atoms with Crippen molar-refractivity contribution in [3.05, 3.63) is 29.3 Å². The Labute approximate surface area is 117 Å². The van der Waals surface area contributed by atoms with Crippen molar-refractivity contribution in [3.63, 3.8) is 0 Å². The lowest BCUT2D eigenvalue weighted by molar-refractivity contribution is 0.192. The summed E-state index contributed by atoms with van der Waals surface area (Å²) >= 11 is 0. The molecule has 0 radical (unpaired) electrons. The molecule has 1 aliphatic rings. The van der Waals surface area contributed by atoms with E-state index in [4.69, 9.17) is 5.73 Å². The predicted octanol–water partition coefficient (Wildman–Crippen LogP) is 2.37. The summed E-state index contributed by atoms with van der Waals surface area (Å²) in [4.78, 5) is 5.09. The van der Waals surface area contributed by atoms with E-state index in [1.54, 1.807) is 0 Å². The van der Waals surface area contributed by atoms with E-state index in [2.05, 4.69) is 48.8 Å². The molecular formula is C16H27N3. The van der Waals surface area contributed by atoms with Gasteiger partial charge >= 0.3 is 0 Å². The second-order valence-electron chi connectivity index (χ2n) is 5.62. The fourth-order valence-corrected chi connectivity index (χ4v) is 2.80. The van der Waals surface area contributed by atoms with E-state index in [0.717, 1.165) is 26.2 Å². The molecular weight excluding hydrogens is 234 g/mol. The van der Waals surface area contributed by atoms with Crippen LogP contribution in [0, 0.1) is 6.92 Å². The molecule has 0 aromatic heterocycles. The van der Waals surface area contributed by atoms with Crippen LogP contribution in [-0.4, -0.2) is 37.1 Å². The van der Waals surface area contributed by atoms with Crippen molar-refractivity contribution in [2.45, 2.75) is 39.8 Å². The highest BCUT2D eigenvalue weighted by Crippen LogP contribution is 2.24. The van der Waals surface area contributed by atoms with Crippen molar-refractivity contribution in [2.24, 2.45) is 5.73 Å². The van der Waals surface area contributed by atoms with Gasteiger partial charge in [-0.1, -0.05) is 19.1 Å². The van der Waals surface area contributed by atoms with Gasteiger partial charge in [0.1, 0.15) is 0 Å². The lowest BCUT2D eigenvalue weighted by atomic mass is 10.1. The largest absolute Gasteiger partial charge is 0.369 e. The Morgan fingerprint density at radius 3 is 2.47 bits per heavy atom. The molecule has 3 nitrogen and oxygen atoms in total. The predicted molar refractivity (Wildman–Crippen MR) is 82.6 cm³/mol. The molecule has 0 saturated carbocycles. The molecule has 0 spiro atoms. The van der Waals surface area contributed by atoms with E-state index in [-0.39, 0.29) is 0 Å². The van der Waals surface area contributed by atoms with E-state index in [1.165, 1.54) is 23.2 Å². The van der Waals surface area contributed by atoms with Crippen LogP contribution in [0.15, 0.2) is 18.2 Å². The van der Waals surface area contributed by atoms with Crippen molar-refractivity contribution < 1.29 is 0 Å². The number of anilines is 1. The Kier molecular flexibility index (Phi) is 4.83. The first-order chi connectivity index (χ1) is 9.15. The summed E-state index contributed by atoms with van der Waals surface area (Å²) in [7, 11) is 0. The topological polar surface area (TPSA) is 32.5 Å². The molecule has 1 aromatic rings. The van der Waals surface area contributed by atoms with Crippen molar-refractivity contribution >= 4 is 5.69 Å². The third-order valence-electron chi connectivity index (χ3n) is 4.33. The highest BCUT2D eigenvalue weighted by atomic mass is 15.3. The van der Waals surface area contributed by atoms with Gasteiger partial charge in [-0.3, -0.25) is 4.90 Å². The van der Waals surface area contributed by atoms with Gasteiger partial charge in [0.25, 0.3) is 0 Å². The molecule has 2 rings (SSSR count). The summed E-state index contributed by atoms with van der Waals surface area (Å²) in [5.41, 5.74) is 9.79. The maximum atomic E-state index is 5.87. The van der Waals surface area contributed by atoms with Gasteiger partial charge in [-0.05, 0) is 37.5 Å². The van der Waals surface area contributed by atoms with Crippen LogP contribution in [0.3, 0.4) is 0 Å². The quantitative estimate of drug-likeness (QED) is 0.903. The minimum Gasteiger partial charge on any atom is -0.369 e. The van der Waals surface area contributed by atoms with Gasteiger partial charge in [0.2, 0.25) is 0 Å². The number of nitrogens with two attached hydrogens (primary N) is 1. The molecule has 3 heteroatoms. The van der Waals surface area contributed by atoms with Crippen LogP contribution in [-0.2, 0) is 6.54 Å². The molecule has 1 saturated heterocycles. The molecule has 1 aliphatic heterocycles. The Morgan fingerprint density at radius 1 is 1.21 bits per heavy atom. The average Bonchev–Trinajstić information content (AvgIpc) is 2.46. The van der Waals surface area contributed by atoms with Gasteiger partial charge in [0.15, 0.2) is 0 Å². The monoisotopic (exact) mass is 261 g/mol. The van der Waals surface area contributed by atoms with Gasteiger partial charge in [-0.15, -0.1) is 0 Å². The minimum atomic E-state index is 0.626. The maximum Gasteiger partial charge on any atom is 0.0415 e. The van der Waals surface area contributed by atoms with Crippen LogP contribution < -0.4 is 10.6 Å². The van der Waals surface area contributed by atoms with Crippen molar-refractivity contribution in [2.75, 3.05) is 31.1 Å². The maximum absolute atomic E-state index is 5.87. The lowest BCUT2D eigenvalue weighted by Crippen LogP contribution is -2.49. The third-order valence-corrected chi connectivity index (χ3v) is 4.33. The Hall–Kier alpha value is -1.06. The van der Waals surface area contributed by atoms with Crippen LogP contribution in [0.1, 0.15) is 31.4 Å². The van der Waals surface area contributed by atoms with E-state index in [9.17, 15) is 0 Å². The minimum absolute atomic E-state index is 0.626. The second kappa shape index (κ2) is 6.40. The van der Waals surface area contributed by atoms with E-state index >= 15 is 0 Å². The summed E-state index contributed by atoms with van der Waals surface area (Å²) in [6.45, 7) is 11.9. The standard InChI is InChI=1S/C16H27N3/c1-4-14(3)18-7-9-19(10-8-18)16-11-13(2)5-6-15(16)12-17/h5-6,11,14H,4,7-10,12,17H2,1-3H3. The average molecular weight is 261 g/mol. The number of hydrogen-bond donors (Lipinski definition) is 1.